The van der Waals surface area contributed by atoms with Crippen molar-refractivity contribution >= 4 is 38.9 Å². The molecule has 3 aromatic heterocycles. The smallest absolute Gasteiger partial charge is 0.275 e. The third-order valence-corrected chi connectivity index (χ3v) is 5.91. The SMILES string of the molecule is O=C(Nc1cn(C2CCCCC2)nc1-c1ccccn1)c1csc(Br)n1. The molecule has 1 aliphatic carbocycles. The van der Waals surface area contributed by atoms with E-state index in [1.54, 1.807) is 11.6 Å². The minimum atomic E-state index is -0.243. The van der Waals surface area contributed by atoms with Crippen LogP contribution in [0.15, 0.2) is 39.9 Å². The van der Waals surface area contributed by atoms with Crippen LogP contribution < -0.4 is 5.32 Å². The van der Waals surface area contributed by atoms with Crippen molar-refractivity contribution in [1.29, 1.82) is 0 Å². The molecule has 3 aromatic rings. The summed E-state index contributed by atoms with van der Waals surface area (Å²) in [4.78, 5) is 21.1. The largest absolute Gasteiger partial charge is 0.317 e. The van der Waals surface area contributed by atoms with Crippen molar-refractivity contribution in [3.05, 3.63) is 45.6 Å². The van der Waals surface area contributed by atoms with Gasteiger partial charge in [-0.3, -0.25) is 14.5 Å². The highest BCUT2D eigenvalue weighted by atomic mass is 79.9. The minimum Gasteiger partial charge on any atom is -0.317 e. The predicted octanol–water partition coefficient (Wildman–Crippen LogP) is 4.92. The minimum absolute atomic E-state index is 0.243. The van der Waals surface area contributed by atoms with E-state index in [0.717, 1.165) is 18.5 Å². The van der Waals surface area contributed by atoms with Crippen LogP contribution in [0, 0.1) is 0 Å². The van der Waals surface area contributed by atoms with E-state index in [-0.39, 0.29) is 5.91 Å². The molecule has 0 saturated heterocycles. The zero-order valence-electron chi connectivity index (χ0n) is 14.1. The Labute approximate surface area is 163 Å². The number of amides is 1. The number of halogens is 1. The number of rotatable bonds is 4. The van der Waals surface area contributed by atoms with E-state index in [9.17, 15) is 4.79 Å². The maximum Gasteiger partial charge on any atom is 0.275 e. The number of hydrogen-bond donors (Lipinski definition) is 1. The molecule has 4 rings (SSSR count). The van der Waals surface area contributed by atoms with Crippen LogP contribution in [0.25, 0.3) is 11.4 Å². The van der Waals surface area contributed by atoms with Crippen LogP contribution in [0.1, 0.15) is 48.6 Å². The molecule has 1 amide bonds. The molecule has 0 aromatic carbocycles. The van der Waals surface area contributed by atoms with Crippen molar-refractivity contribution in [2.75, 3.05) is 5.32 Å². The molecular formula is C18H18BrN5OS. The molecule has 1 fully saturated rings. The summed E-state index contributed by atoms with van der Waals surface area (Å²) in [5.41, 5.74) is 2.50. The second-order valence-corrected chi connectivity index (χ2v) is 8.45. The Morgan fingerprint density at radius 1 is 1.27 bits per heavy atom. The molecule has 0 spiro atoms. The van der Waals surface area contributed by atoms with Gasteiger partial charge in [0.05, 0.1) is 17.4 Å². The average molecular weight is 432 g/mol. The molecule has 1 saturated carbocycles. The van der Waals surface area contributed by atoms with Gasteiger partial charge in [-0.1, -0.05) is 25.3 Å². The highest BCUT2D eigenvalue weighted by molar-refractivity contribution is 9.11. The van der Waals surface area contributed by atoms with Gasteiger partial charge < -0.3 is 5.32 Å². The average Bonchev–Trinajstić information content (AvgIpc) is 3.30. The third kappa shape index (κ3) is 3.71. The van der Waals surface area contributed by atoms with Gasteiger partial charge in [0, 0.05) is 17.8 Å². The van der Waals surface area contributed by atoms with E-state index < -0.39 is 0 Å². The van der Waals surface area contributed by atoms with Crippen LogP contribution in [0.4, 0.5) is 5.69 Å². The fraction of sp³-hybridized carbons (Fsp3) is 0.333. The number of anilines is 1. The molecule has 134 valence electrons. The fourth-order valence-corrected chi connectivity index (χ4v) is 4.24. The molecule has 0 unspecified atom stereocenters. The lowest BCUT2D eigenvalue weighted by atomic mass is 9.96. The lowest BCUT2D eigenvalue weighted by Gasteiger charge is -2.21. The second-order valence-electron chi connectivity index (χ2n) is 6.32. The summed E-state index contributed by atoms with van der Waals surface area (Å²) in [6.45, 7) is 0. The summed E-state index contributed by atoms with van der Waals surface area (Å²) in [7, 11) is 0. The van der Waals surface area contributed by atoms with Crippen LogP contribution in [0.5, 0.6) is 0 Å². The molecule has 0 radical (unpaired) electrons. The van der Waals surface area contributed by atoms with E-state index in [1.807, 2.05) is 29.1 Å². The van der Waals surface area contributed by atoms with Crippen molar-refractivity contribution in [1.82, 2.24) is 19.7 Å². The Morgan fingerprint density at radius 2 is 2.12 bits per heavy atom. The summed E-state index contributed by atoms with van der Waals surface area (Å²) in [5, 5.41) is 9.46. The zero-order chi connectivity index (χ0) is 17.9. The van der Waals surface area contributed by atoms with Crippen molar-refractivity contribution < 1.29 is 4.79 Å². The maximum atomic E-state index is 12.6. The number of thiazole rings is 1. The highest BCUT2D eigenvalue weighted by Gasteiger charge is 2.22. The zero-order valence-corrected chi connectivity index (χ0v) is 16.5. The molecule has 6 nitrogen and oxygen atoms in total. The first-order chi connectivity index (χ1) is 12.7. The van der Waals surface area contributed by atoms with Gasteiger partial charge in [-0.2, -0.15) is 5.10 Å². The van der Waals surface area contributed by atoms with Crippen LogP contribution in [0.2, 0.25) is 0 Å². The number of carbonyl (C=O) groups excluding carboxylic acids is 1. The summed E-state index contributed by atoms with van der Waals surface area (Å²) in [5.74, 6) is -0.243. The molecule has 3 heterocycles. The molecule has 1 aliphatic rings. The number of hydrogen-bond acceptors (Lipinski definition) is 5. The molecule has 1 N–H and O–H groups in total. The van der Waals surface area contributed by atoms with E-state index in [1.165, 1.54) is 30.6 Å². The standard InChI is InChI=1S/C18H18BrN5OS/c19-18-22-15(11-26-18)17(25)21-14-10-24(12-6-2-1-3-7-12)23-16(14)13-8-4-5-9-20-13/h4-5,8-12H,1-3,6-7H2,(H,21,25). The normalized spacial score (nSPS) is 15.1. The number of pyridine rings is 1. The molecule has 26 heavy (non-hydrogen) atoms. The van der Waals surface area contributed by atoms with E-state index >= 15 is 0 Å². The molecule has 0 bridgehead atoms. The van der Waals surface area contributed by atoms with Gasteiger partial charge in [0.15, 0.2) is 3.92 Å². The van der Waals surface area contributed by atoms with Crippen LogP contribution in [-0.2, 0) is 0 Å². The molecule has 8 heteroatoms. The van der Waals surface area contributed by atoms with E-state index in [4.69, 9.17) is 5.10 Å². The van der Waals surface area contributed by atoms with Crippen molar-refractivity contribution in [3.8, 4) is 11.4 Å². The Hall–Kier alpha value is -2.06. The monoisotopic (exact) mass is 431 g/mol. The lowest BCUT2D eigenvalue weighted by Crippen LogP contribution is -2.14. The second kappa shape index (κ2) is 7.67. The Balaban J connectivity index is 1.67. The van der Waals surface area contributed by atoms with Crippen molar-refractivity contribution in [2.45, 2.75) is 38.1 Å². The molecular weight excluding hydrogens is 414 g/mol. The summed E-state index contributed by atoms with van der Waals surface area (Å²) in [6, 6.07) is 6.07. The molecule has 0 atom stereocenters. The first-order valence-electron chi connectivity index (χ1n) is 8.63. The first kappa shape index (κ1) is 17.4. The van der Waals surface area contributed by atoms with E-state index in [2.05, 4.69) is 31.2 Å². The van der Waals surface area contributed by atoms with Crippen molar-refractivity contribution in [2.24, 2.45) is 0 Å². The summed E-state index contributed by atoms with van der Waals surface area (Å²) >= 11 is 4.68. The third-order valence-electron chi connectivity index (χ3n) is 4.55. The highest BCUT2D eigenvalue weighted by Crippen LogP contribution is 2.32. The number of nitrogens with one attached hydrogen (secondary N) is 1. The number of aromatic nitrogens is 4. The maximum absolute atomic E-state index is 12.6. The Bertz CT molecular complexity index is 901. The first-order valence-corrected chi connectivity index (χ1v) is 10.3. The lowest BCUT2D eigenvalue weighted by molar-refractivity contribution is 0.102. The van der Waals surface area contributed by atoms with Gasteiger partial charge in [-0.25, -0.2) is 4.98 Å². The van der Waals surface area contributed by atoms with Gasteiger partial charge >= 0.3 is 0 Å². The van der Waals surface area contributed by atoms with Crippen LogP contribution >= 0.6 is 27.3 Å². The Morgan fingerprint density at radius 3 is 2.81 bits per heavy atom. The van der Waals surface area contributed by atoms with Crippen LogP contribution in [-0.4, -0.2) is 25.7 Å². The molecule has 0 aliphatic heterocycles. The van der Waals surface area contributed by atoms with Gasteiger partial charge in [0.2, 0.25) is 0 Å². The van der Waals surface area contributed by atoms with Crippen LogP contribution in [0.3, 0.4) is 0 Å². The topological polar surface area (TPSA) is 72.7 Å². The predicted molar refractivity (Wildman–Crippen MR) is 105 cm³/mol. The number of nitrogens with zero attached hydrogens (tertiary/aromatic N) is 4. The fourth-order valence-electron chi connectivity index (χ4n) is 3.25. The van der Waals surface area contributed by atoms with Gasteiger partial charge in [0.1, 0.15) is 11.4 Å². The summed E-state index contributed by atoms with van der Waals surface area (Å²) < 4.78 is 2.68. The Kier molecular flexibility index (Phi) is 5.12. The van der Waals surface area contributed by atoms with Gasteiger partial charge in [0.25, 0.3) is 5.91 Å². The van der Waals surface area contributed by atoms with E-state index in [0.29, 0.717) is 27.0 Å². The quantitative estimate of drug-likeness (QED) is 0.635. The number of carbonyl (C=O) groups is 1. The van der Waals surface area contributed by atoms with Crippen molar-refractivity contribution in [3.63, 3.8) is 0 Å². The van der Waals surface area contributed by atoms with Gasteiger partial charge in [-0.15, -0.1) is 11.3 Å². The summed E-state index contributed by atoms with van der Waals surface area (Å²) in [6.07, 6.45) is 9.63. The van der Waals surface area contributed by atoms with Gasteiger partial charge in [-0.05, 0) is 40.9 Å².